The molecule has 2 heterocycles. The van der Waals surface area contributed by atoms with Crippen LogP contribution in [0.2, 0.25) is 0 Å². The van der Waals surface area contributed by atoms with Crippen molar-refractivity contribution in [2.24, 2.45) is 0 Å². The molecule has 2 fully saturated rings. The Balaban J connectivity index is 1.77. The summed E-state index contributed by atoms with van der Waals surface area (Å²) in [6, 6.07) is 0. The quantitative estimate of drug-likeness (QED) is 0.0171. The number of aliphatic hydroxyl groups is 7. The van der Waals surface area contributed by atoms with Crippen LogP contribution in [-0.4, -0.2) is 142 Å². The van der Waals surface area contributed by atoms with E-state index in [4.69, 9.17) is 28.4 Å². The van der Waals surface area contributed by atoms with Gasteiger partial charge in [-0.25, -0.2) is 0 Å². The van der Waals surface area contributed by atoms with Crippen molar-refractivity contribution in [1.29, 1.82) is 0 Å². The first-order valence-electron chi connectivity index (χ1n) is 28.2. The average Bonchev–Trinajstić information content (AvgIpc) is 3.37. The Morgan fingerprint density at radius 1 is 0.444 bits per heavy atom. The summed E-state index contributed by atoms with van der Waals surface area (Å²) in [5, 5.41) is 72.2. The summed E-state index contributed by atoms with van der Waals surface area (Å²) in [5.41, 5.74) is 0. The number of ether oxygens (including phenoxy) is 6. The summed E-state index contributed by atoms with van der Waals surface area (Å²) < 4.78 is 33.7. The molecule has 0 saturated carbocycles. The highest BCUT2D eigenvalue weighted by molar-refractivity contribution is 5.70. The van der Waals surface area contributed by atoms with Gasteiger partial charge in [0.05, 0.1) is 19.8 Å². The van der Waals surface area contributed by atoms with Gasteiger partial charge in [-0.1, -0.05) is 165 Å². The van der Waals surface area contributed by atoms with Crippen molar-refractivity contribution in [2.45, 2.75) is 274 Å². The molecule has 0 aromatic carbocycles. The molecule has 418 valence electrons. The Hall–Kier alpha value is -2.54. The molecule has 4 unspecified atom stereocenters. The fraction of sp³-hybridized carbons (Fsp3) is 0.825. The molecule has 2 aliphatic rings. The van der Waals surface area contributed by atoms with Gasteiger partial charge in [0, 0.05) is 12.8 Å². The zero-order chi connectivity index (χ0) is 52.4. The summed E-state index contributed by atoms with van der Waals surface area (Å²) >= 11 is 0. The Labute approximate surface area is 433 Å². The highest BCUT2D eigenvalue weighted by Gasteiger charge is 2.47. The molecule has 72 heavy (non-hydrogen) atoms. The summed E-state index contributed by atoms with van der Waals surface area (Å²) in [5.74, 6) is -0.936. The van der Waals surface area contributed by atoms with Crippen molar-refractivity contribution in [2.75, 3.05) is 26.4 Å². The number of aliphatic hydroxyl groups excluding tert-OH is 7. The smallest absolute Gasteiger partial charge is 0.306 e. The third kappa shape index (κ3) is 30.7. The van der Waals surface area contributed by atoms with Crippen molar-refractivity contribution in [3.8, 4) is 0 Å². The maximum atomic E-state index is 13.0. The first-order valence-corrected chi connectivity index (χ1v) is 28.2. The third-order valence-electron chi connectivity index (χ3n) is 13.3. The Bertz CT molecular complexity index is 1440. The molecule has 0 spiro atoms. The lowest BCUT2D eigenvalue weighted by Crippen LogP contribution is -2.61. The zero-order valence-corrected chi connectivity index (χ0v) is 44.4. The van der Waals surface area contributed by atoms with E-state index in [0.29, 0.717) is 12.8 Å². The number of unbranched alkanes of at least 4 members (excludes halogenated alkanes) is 22. The second-order valence-electron chi connectivity index (χ2n) is 19.8. The molecular formula is C57H100O15. The molecule has 2 saturated heterocycles. The number of esters is 2. The lowest BCUT2D eigenvalue weighted by atomic mass is 9.98. The van der Waals surface area contributed by atoms with Gasteiger partial charge in [-0.3, -0.25) is 9.59 Å². The Morgan fingerprint density at radius 2 is 0.833 bits per heavy atom. The number of carbonyl (C=O) groups is 2. The van der Waals surface area contributed by atoms with Gasteiger partial charge in [0.15, 0.2) is 18.7 Å². The predicted molar refractivity (Wildman–Crippen MR) is 280 cm³/mol. The summed E-state index contributed by atoms with van der Waals surface area (Å²) in [4.78, 5) is 25.9. The number of rotatable bonds is 44. The summed E-state index contributed by atoms with van der Waals surface area (Å²) in [6.45, 7) is 2.54. The van der Waals surface area contributed by atoms with Crippen molar-refractivity contribution in [3.05, 3.63) is 48.6 Å². The lowest BCUT2D eigenvalue weighted by Gasteiger charge is -2.42. The highest BCUT2D eigenvalue weighted by Crippen LogP contribution is 2.26. The van der Waals surface area contributed by atoms with Gasteiger partial charge < -0.3 is 64.2 Å². The van der Waals surface area contributed by atoms with Crippen LogP contribution in [0, 0.1) is 0 Å². The number of hydrogen-bond donors (Lipinski definition) is 7. The number of carbonyl (C=O) groups excluding carboxylic acids is 2. The molecule has 0 amide bonds. The Morgan fingerprint density at radius 3 is 1.29 bits per heavy atom. The van der Waals surface area contributed by atoms with Crippen LogP contribution < -0.4 is 0 Å². The van der Waals surface area contributed by atoms with Crippen LogP contribution in [0.4, 0.5) is 0 Å². The minimum absolute atomic E-state index is 0.155. The van der Waals surface area contributed by atoms with Gasteiger partial charge >= 0.3 is 11.9 Å². The molecule has 0 aromatic rings. The molecule has 15 heteroatoms. The van der Waals surface area contributed by atoms with Gasteiger partial charge in [0.2, 0.25) is 0 Å². The fourth-order valence-electron chi connectivity index (χ4n) is 8.63. The number of hydrogen-bond acceptors (Lipinski definition) is 15. The van der Waals surface area contributed by atoms with Gasteiger partial charge in [-0.2, -0.15) is 0 Å². The van der Waals surface area contributed by atoms with E-state index in [2.05, 4.69) is 62.5 Å². The van der Waals surface area contributed by atoms with Crippen molar-refractivity contribution < 1.29 is 73.8 Å². The van der Waals surface area contributed by atoms with Crippen LogP contribution in [0.5, 0.6) is 0 Å². The molecule has 0 aliphatic carbocycles. The van der Waals surface area contributed by atoms with E-state index < -0.39 is 92.7 Å². The highest BCUT2D eigenvalue weighted by atomic mass is 16.7. The summed E-state index contributed by atoms with van der Waals surface area (Å²) in [7, 11) is 0. The maximum absolute atomic E-state index is 13.0. The van der Waals surface area contributed by atoms with Crippen LogP contribution in [0.1, 0.15) is 206 Å². The predicted octanol–water partition coefficient (Wildman–Crippen LogP) is 9.05. The van der Waals surface area contributed by atoms with E-state index in [0.717, 1.165) is 89.9 Å². The largest absolute Gasteiger partial charge is 0.462 e. The van der Waals surface area contributed by atoms with Crippen molar-refractivity contribution in [1.82, 2.24) is 0 Å². The second kappa shape index (κ2) is 43.7. The molecule has 0 aromatic heterocycles. The van der Waals surface area contributed by atoms with Crippen molar-refractivity contribution in [3.63, 3.8) is 0 Å². The minimum atomic E-state index is -1.77. The van der Waals surface area contributed by atoms with Crippen LogP contribution in [0.15, 0.2) is 48.6 Å². The molecule has 11 atom stereocenters. The normalized spacial score (nSPS) is 25.3. The van der Waals surface area contributed by atoms with E-state index in [-0.39, 0.29) is 26.1 Å². The van der Waals surface area contributed by atoms with Crippen LogP contribution in [0.3, 0.4) is 0 Å². The monoisotopic (exact) mass is 1020 g/mol. The van der Waals surface area contributed by atoms with E-state index in [1.807, 2.05) is 0 Å². The van der Waals surface area contributed by atoms with Crippen LogP contribution in [0.25, 0.3) is 0 Å². The third-order valence-corrected chi connectivity index (χ3v) is 13.3. The average molecular weight is 1030 g/mol. The van der Waals surface area contributed by atoms with Gasteiger partial charge in [0.25, 0.3) is 0 Å². The van der Waals surface area contributed by atoms with Crippen LogP contribution >= 0.6 is 0 Å². The maximum Gasteiger partial charge on any atom is 0.306 e. The van der Waals surface area contributed by atoms with Crippen LogP contribution in [-0.2, 0) is 38.0 Å². The number of allylic oxidation sites excluding steroid dienone is 8. The fourth-order valence-corrected chi connectivity index (χ4v) is 8.63. The van der Waals surface area contributed by atoms with Crippen molar-refractivity contribution >= 4 is 11.9 Å². The molecule has 15 nitrogen and oxygen atoms in total. The molecule has 0 bridgehead atoms. The minimum Gasteiger partial charge on any atom is -0.462 e. The topological polar surface area (TPSA) is 231 Å². The molecule has 0 radical (unpaired) electrons. The first kappa shape index (κ1) is 65.6. The van der Waals surface area contributed by atoms with E-state index in [1.54, 1.807) is 0 Å². The van der Waals surface area contributed by atoms with E-state index >= 15 is 0 Å². The molecule has 2 aliphatic heterocycles. The van der Waals surface area contributed by atoms with Gasteiger partial charge in [-0.05, 0) is 77.0 Å². The van der Waals surface area contributed by atoms with E-state index in [9.17, 15) is 45.3 Å². The zero-order valence-electron chi connectivity index (χ0n) is 44.4. The van der Waals surface area contributed by atoms with E-state index in [1.165, 1.54) is 77.0 Å². The molecule has 2 rings (SSSR count). The van der Waals surface area contributed by atoms with Gasteiger partial charge in [0.1, 0.15) is 55.4 Å². The standard InChI is InChI=1S/C57H100O15/c1-3-5-7-9-11-13-15-17-19-21-22-24-25-27-29-31-33-35-37-39-48(59)67-42-45(70-49(60)40-38-36-34-32-30-28-26-23-20-18-16-14-12-10-8-6-4-2)43-68-56-55(66)53(64)51(62)47(72-56)44-69-57-54(65)52(63)50(61)46(41-58)71-57/h11-14,17-20,45-47,50-58,61-66H,3-10,15-16,21-44H2,1-2H3/b13-11+,14-12+,19-17+,20-18+/t45-,46+,47+,50-,51-,52?,53?,54?,55?,56+,57+/m0/s1. The lowest BCUT2D eigenvalue weighted by molar-refractivity contribution is -0.332. The second-order valence-corrected chi connectivity index (χ2v) is 19.8. The van der Waals surface area contributed by atoms with Gasteiger partial charge in [-0.15, -0.1) is 0 Å². The molecular weight excluding hydrogens is 925 g/mol. The SMILES string of the molecule is CCCCC/C=C/C/C=C/CCCCCCCCCCCC(=O)OC[C@@H](CO[C@@H]1O[C@H](CO[C@@H]2O[C@H](CO)[C@H](O)C(O)C2O)[C@H](O)C(O)C1O)OC(=O)CCCCCCCCC/C=C/C/C=C/CCCCC. The summed E-state index contributed by atoms with van der Waals surface area (Å²) in [6.07, 6.45) is 32.6. The molecule has 7 N–H and O–H groups in total. The Kier molecular flexibility index (Phi) is 39.8. The first-order chi connectivity index (χ1) is 35.0.